The molecule has 1 aromatic carbocycles. The summed E-state index contributed by atoms with van der Waals surface area (Å²) in [5.74, 6) is 0.791. The molecule has 1 aromatic rings. The van der Waals surface area contributed by atoms with Crippen molar-refractivity contribution in [1.29, 1.82) is 0 Å². The van der Waals surface area contributed by atoms with Crippen LogP contribution in [0.25, 0.3) is 0 Å². The van der Waals surface area contributed by atoms with E-state index < -0.39 is 11.7 Å². The van der Waals surface area contributed by atoms with Crippen LogP contribution in [-0.4, -0.2) is 74.0 Å². The van der Waals surface area contributed by atoms with Crippen molar-refractivity contribution in [2.75, 3.05) is 40.5 Å². The van der Waals surface area contributed by atoms with Gasteiger partial charge in [0.25, 0.3) is 0 Å². The first-order chi connectivity index (χ1) is 13.1. The van der Waals surface area contributed by atoms with Gasteiger partial charge < -0.3 is 23.8 Å². The van der Waals surface area contributed by atoms with Crippen LogP contribution in [-0.2, 0) is 25.6 Å². The van der Waals surface area contributed by atoms with Gasteiger partial charge in [0.1, 0.15) is 0 Å². The summed E-state index contributed by atoms with van der Waals surface area (Å²) in [5, 5.41) is 0. The molecule has 0 aromatic heterocycles. The fourth-order valence-electron chi connectivity index (χ4n) is 4.42. The lowest BCUT2D eigenvalue weighted by atomic mass is 10.1. The molecule has 0 saturated carbocycles. The zero-order valence-corrected chi connectivity index (χ0v) is 15.6. The minimum atomic E-state index is -0.449. The third kappa shape index (κ3) is 3.02. The summed E-state index contributed by atoms with van der Waals surface area (Å²) in [4.78, 5) is 27.8. The number of methoxy groups -OCH3 is 2. The fraction of sp³-hybridized carbons (Fsp3) is 0.579. The van der Waals surface area contributed by atoms with Crippen LogP contribution in [0.4, 0.5) is 0 Å². The lowest BCUT2D eigenvalue weighted by Gasteiger charge is -2.31. The highest BCUT2D eigenvalue weighted by atomic mass is 16.6. The van der Waals surface area contributed by atoms with Gasteiger partial charge in [0.2, 0.25) is 5.91 Å². The maximum absolute atomic E-state index is 12.3. The van der Waals surface area contributed by atoms with Crippen LogP contribution >= 0.6 is 0 Å². The Morgan fingerprint density at radius 2 is 2.15 bits per heavy atom. The number of nitrogens with zero attached hydrogens (tertiary/aromatic N) is 2. The van der Waals surface area contributed by atoms with Gasteiger partial charge in [-0.1, -0.05) is 6.07 Å². The van der Waals surface area contributed by atoms with E-state index >= 15 is 0 Å². The number of carbonyl (C=O) groups excluding carboxylic acids is 2. The Balaban J connectivity index is 1.47. The first kappa shape index (κ1) is 18.1. The lowest BCUT2D eigenvalue weighted by molar-refractivity contribution is -0.143. The number of ether oxygens (including phenoxy) is 4. The molecular formula is C19H24N2O6. The van der Waals surface area contributed by atoms with Gasteiger partial charge in [-0.15, -0.1) is 0 Å². The average Bonchev–Trinajstić information content (AvgIpc) is 3.32. The van der Waals surface area contributed by atoms with E-state index in [4.69, 9.17) is 14.2 Å². The predicted octanol–water partition coefficient (Wildman–Crippen LogP) is 0.780. The molecule has 0 radical (unpaired) electrons. The molecule has 2 atom stereocenters. The van der Waals surface area contributed by atoms with E-state index in [0.29, 0.717) is 37.6 Å². The van der Waals surface area contributed by atoms with Crippen LogP contribution < -0.4 is 9.47 Å². The van der Waals surface area contributed by atoms with Crippen LogP contribution in [0.15, 0.2) is 18.2 Å². The smallest absolute Gasteiger partial charge is 0.343 e. The van der Waals surface area contributed by atoms with Gasteiger partial charge in [0.15, 0.2) is 23.8 Å². The summed E-state index contributed by atoms with van der Waals surface area (Å²) in [6.45, 7) is 2.74. The summed E-state index contributed by atoms with van der Waals surface area (Å²) >= 11 is 0. The van der Waals surface area contributed by atoms with Crippen molar-refractivity contribution in [1.82, 2.24) is 9.80 Å². The second-order valence-corrected chi connectivity index (χ2v) is 7.03. The van der Waals surface area contributed by atoms with Crippen molar-refractivity contribution in [3.8, 4) is 11.5 Å². The zero-order valence-electron chi connectivity index (χ0n) is 15.6. The maximum Gasteiger partial charge on any atom is 0.343 e. The van der Waals surface area contributed by atoms with Crippen LogP contribution in [0, 0.1) is 0 Å². The van der Waals surface area contributed by atoms with Gasteiger partial charge in [-0.3, -0.25) is 9.69 Å². The van der Waals surface area contributed by atoms with Crippen molar-refractivity contribution < 1.29 is 28.5 Å². The monoisotopic (exact) mass is 376 g/mol. The van der Waals surface area contributed by atoms with Crippen LogP contribution in [0.1, 0.15) is 18.4 Å². The predicted molar refractivity (Wildman–Crippen MR) is 94.3 cm³/mol. The second-order valence-electron chi connectivity index (χ2n) is 7.03. The van der Waals surface area contributed by atoms with E-state index in [1.165, 1.54) is 7.11 Å². The minimum absolute atomic E-state index is 0.0914. The van der Waals surface area contributed by atoms with Gasteiger partial charge >= 0.3 is 5.97 Å². The molecule has 0 aliphatic carbocycles. The summed E-state index contributed by atoms with van der Waals surface area (Å²) in [6.07, 6.45) is 1.36. The Hall–Kier alpha value is -2.32. The quantitative estimate of drug-likeness (QED) is 0.679. The number of benzene rings is 1. The van der Waals surface area contributed by atoms with Gasteiger partial charge in [-0.05, 0) is 17.7 Å². The van der Waals surface area contributed by atoms with Crippen LogP contribution in [0.2, 0.25) is 0 Å². The number of likely N-dealkylation sites (tertiary alicyclic amines) is 1. The summed E-state index contributed by atoms with van der Waals surface area (Å²) < 4.78 is 21.5. The third-order valence-electron chi connectivity index (χ3n) is 5.70. The molecule has 0 N–H and O–H groups in total. The van der Waals surface area contributed by atoms with E-state index in [-0.39, 0.29) is 18.6 Å². The van der Waals surface area contributed by atoms with E-state index in [1.54, 1.807) is 13.2 Å². The topological polar surface area (TPSA) is 77.5 Å². The van der Waals surface area contributed by atoms with Crippen molar-refractivity contribution in [2.45, 2.75) is 31.2 Å². The normalized spacial score (nSPS) is 26.8. The second kappa shape index (κ2) is 7.01. The molecule has 3 aliphatic rings. The van der Waals surface area contributed by atoms with Crippen molar-refractivity contribution >= 4 is 11.9 Å². The Bertz CT molecular complexity index is 754. The van der Waals surface area contributed by atoms with Gasteiger partial charge in [0.05, 0.1) is 26.9 Å². The number of rotatable bonds is 6. The van der Waals surface area contributed by atoms with E-state index in [0.717, 1.165) is 18.5 Å². The number of hydrogen-bond donors (Lipinski definition) is 0. The Morgan fingerprint density at radius 1 is 1.30 bits per heavy atom. The van der Waals surface area contributed by atoms with Gasteiger partial charge in [-0.2, -0.15) is 0 Å². The van der Waals surface area contributed by atoms with Crippen molar-refractivity contribution in [2.24, 2.45) is 0 Å². The Kier molecular flexibility index (Phi) is 4.69. The summed E-state index contributed by atoms with van der Waals surface area (Å²) in [5.41, 5.74) is 0.628. The standard InChI is InChI=1S/C19H24N2O6/c1-24-15-9-13(3-4-14(15)26-12-18(23)25-2)11-20-6-5-19-16(20)10-17(22)21(19)7-8-27-19/h3-4,9,16H,5-8,10-12H2,1-2H3/t16-,19+/m1/s1. The van der Waals surface area contributed by atoms with Crippen molar-refractivity contribution in [3.63, 3.8) is 0 Å². The number of carbonyl (C=O) groups is 2. The maximum atomic E-state index is 12.3. The molecule has 0 unspecified atom stereocenters. The first-order valence-corrected chi connectivity index (χ1v) is 9.12. The summed E-state index contributed by atoms with van der Waals surface area (Å²) in [7, 11) is 2.88. The third-order valence-corrected chi connectivity index (χ3v) is 5.70. The fourth-order valence-corrected chi connectivity index (χ4v) is 4.42. The highest BCUT2D eigenvalue weighted by Crippen LogP contribution is 2.46. The number of hydrogen-bond acceptors (Lipinski definition) is 7. The number of amides is 1. The van der Waals surface area contributed by atoms with Crippen LogP contribution in [0.3, 0.4) is 0 Å². The molecule has 3 fully saturated rings. The molecule has 3 heterocycles. The van der Waals surface area contributed by atoms with E-state index in [9.17, 15) is 9.59 Å². The SMILES string of the molecule is COC(=O)COc1ccc(CN2CC[C@@]34OCCN3C(=O)C[C@@H]24)cc1OC. The molecule has 146 valence electrons. The molecule has 27 heavy (non-hydrogen) atoms. The highest BCUT2D eigenvalue weighted by molar-refractivity contribution is 5.81. The molecular weight excluding hydrogens is 352 g/mol. The largest absolute Gasteiger partial charge is 0.493 e. The molecule has 8 nitrogen and oxygen atoms in total. The molecule has 8 heteroatoms. The van der Waals surface area contributed by atoms with Crippen LogP contribution in [0.5, 0.6) is 11.5 Å². The lowest BCUT2D eigenvalue weighted by Crippen LogP contribution is -2.47. The highest BCUT2D eigenvalue weighted by Gasteiger charge is 2.61. The first-order valence-electron chi connectivity index (χ1n) is 9.12. The average molecular weight is 376 g/mol. The van der Waals surface area contributed by atoms with Gasteiger partial charge in [-0.25, -0.2) is 4.79 Å². The van der Waals surface area contributed by atoms with E-state index in [1.807, 2.05) is 17.0 Å². The zero-order chi connectivity index (χ0) is 19.0. The summed E-state index contributed by atoms with van der Waals surface area (Å²) in [6, 6.07) is 5.74. The Morgan fingerprint density at radius 3 is 2.93 bits per heavy atom. The molecule has 3 aliphatic heterocycles. The van der Waals surface area contributed by atoms with Gasteiger partial charge in [0, 0.05) is 32.5 Å². The molecule has 1 spiro atoms. The Labute approximate surface area is 157 Å². The molecule has 0 bridgehead atoms. The number of esters is 1. The molecule has 1 amide bonds. The van der Waals surface area contributed by atoms with Crippen molar-refractivity contribution in [3.05, 3.63) is 23.8 Å². The molecule has 3 saturated heterocycles. The van der Waals surface area contributed by atoms with E-state index in [2.05, 4.69) is 9.64 Å². The minimum Gasteiger partial charge on any atom is -0.493 e. The molecule has 4 rings (SSSR count).